The van der Waals surface area contributed by atoms with E-state index in [1.807, 2.05) is 6.92 Å². The molecule has 0 N–H and O–H groups in total. The van der Waals surface area contributed by atoms with E-state index < -0.39 is 35.9 Å². The van der Waals surface area contributed by atoms with Crippen molar-refractivity contribution in [2.24, 2.45) is 0 Å². The van der Waals surface area contributed by atoms with E-state index in [1.54, 1.807) is 31.2 Å². The standard InChI is InChI=1S/C27H27F4N3O3.Y/c1-3-37-19-11-9-18(10-12-19)34-25(33-23-7-5-4-6-20(23)26(34)36)16(2)32-24(35)15-17-8-13-22(28)21(14-17)27(29,30)31;/h8-14,16H,3-7,15H2,1-2H3,(H,32,35);/p-1/t16-;/m1./s1. The molecule has 1 atom stereocenters. The largest absolute Gasteiger partial charge is 0.645 e. The van der Waals surface area contributed by atoms with E-state index in [2.05, 4.69) is 5.32 Å². The van der Waals surface area contributed by atoms with Gasteiger partial charge in [-0.15, -0.1) is 0 Å². The van der Waals surface area contributed by atoms with Gasteiger partial charge in [-0.25, -0.2) is 9.37 Å². The minimum absolute atomic E-state index is 0. The fraction of sp³-hybridized carbons (Fsp3) is 0.370. The normalized spacial score (nSPS) is 13.7. The first-order valence-corrected chi connectivity index (χ1v) is 12.1. The fourth-order valence-corrected chi connectivity index (χ4v) is 4.45. The molecule has 38 heavy (non-hydrogen) atoms. The van der Waals surface area contributed by atoms with Crippen LogP contribution >= 0.6 is 0 Å². The van der Waals surface area contributed by atoms with Crippen LogP contribution in [0.5, 0.6) is 5.75 Å². The number of rotatable bonds is 7. The van der Waals surface area contributed by atoms with E-state index in [1.165, 1.54) is 4.57 Å². The smallest absolute Gasteiger partial charge is 0.419 e. The fourth-order valence-electron chi connectivity index (χ4n) is 4.45. The summed E-state index contributed by atoms with van der Waals surface area (Å²) in [5, 5.41) is 4.12. The van der Waals surface area contributed by atoms with Gasteiger partial charge in [0.05, 0.1) is 29.5 Å². The molecule has 1 aliphatic carbocycles. The molecule has 199 valence electrons. The number of fused-ring (bicyclic) bond motifs is 1. The number of ether oxygens (including phenoxy) is 1. The maximum absolute atomic E-state index is 13.6. The summed E-state index contributed by atoms with van der Waals surface area (Å²) < 4.78 is 59.7. The molecule has 6 nitrogen and oxygen atoms in total. The Morgan fingerprint density at radius 3 is 2.47 bits per heavy atom. The molecule has 0 fully saturated rings. The Hall–Kier alpha value is -2.59. The molecule has 0 saturated carbocycles. The van der Waals surface area contributed by atoms with Crippen LogP contribution in [0.4, 0.5) is 17.6 Å². The van der Waals surface area contributed by atoms with Crippen molar-refractivity contribution in [3.8, 4) is 11.4 Å². The van der Waals surface area contributed by atoms with Crippen LogP contribution in [-0.4, -0.2) is 22.1 Å². The van der Waals surface area contributed by atoms with Crippen molar-refractivity contribution < 1.29 is 59.8 Å². The Bertz CT molecular complexity index is 1360. The zero-order valence-corrected chi connectivity index (χ0v) is 23.9. The molecule has 1 radical (unpaired) electrons. The average Bonchev–Trinajstić information content (AvgIpc) is 2.85. The molecule has 0 unspecified atom stereocenters. The van der Waals surface area contributed by atoms with Gasteiger partial charge in [0, 0.05) is 44.7 Å². The van der Waals surface area contributed by atoms with E-state index in [0.29, 0.717) is 54.3 Å². The minimum Gasteiger partial charge on any atom is -0.645 e. The number of hydrogen-bond acceptors (Lipinski definition) is 4. The van der Waals surface area contributed by atoms with Gasteiger partial charge in [-0.05, 0) is 74.6 Å². The van der Waals surface area contributed by atoms with Crippen molar-refractivity contribution in [1.29, 1.82) is 0 Å². The molecular formula is C27H26F4N3O3Y-. The quantitative estimate of drug-likeness (QED) is 0.316. The number of carbonyl (C=O) groups excluding carboxylic acids is 1. The van der Waals surface area contributed by atoms with Gasteiger partial charge in [0.2, 0.25) is 0 Å². The number of nitrogens with zero attached hydrogens (tertiary/aromatic N) is 3. The molecule has 0 saturated heterocycles. The molecule has 3 aromatic rings. The predicted molar refractivity (Wildman–Crippen MR) is 130 cm³/mol. The number of hydrogen-bond donors (Lipinski definition) is 0. The third-order valence-corrected chi connectivity index (χ3v) is 6.19. The van der Waals surface area contributed by atoms with Crippen LogP contribution in [-0.2, 0) is 62.9 Å². The van der Waals surface area contributed by atoms with Crippen molar-refractivity contribution in [2.45, 2.75) is 58.2 Å². The van der Waals surface area contributed by atoms with Crippen molar-refractivity contribution in [2.75, 3.05) is 6.61 Å². The van der Waals surface area contributed by atoms with Gasteiger partial charge < -0.3 is 14.8 Å². The molecule has 4 rings (SSSR count). The molecule has 0 aliphatic heterocycles. The summed E-state index contributed by atoms with van der Waals surface area (Å²) >= 11 is 0. The zero-order valence-electron chi connectivity index (χ0n) is 21.0. The predicted octanol–water partition coefficient (Wildman–Crippen LogP) is 5.87. The first-order valence-electron chi connectivity index (χ1n) is 12.1. The Morgan fingerprint density at radius 2 is 1.82 bits per heavy atom. The third-order valence-electron chi connectivity index (χ3n) is 6.19. The Labute approximate surface area is 242 Å². The first kappa shape index (κ1) is 30.0. The second kappa shape index (κ2) is 12.5. The maximum Gasteiger partial charge on any atom is 0.419 e. The van der Waals surface area contributed by atoms with Crippen molar-refractivity contribution in [3.05, 3.63) is 92.2 Å². The van der Waals surface area contributed by atoms with E-state index in [4.69, 9.17) is 9.72 Å². The van der Waals surface area contributed by atoms with Gasteiger partial charge in [-0.1, -0.05) is 19.0 Å². The number of amides is 1. The molecule has 0 bridgehead atoms. The molecular weight excluding hydrogens is 579 g/mol. The Balaban J connectivity index is 0.00000400. The first-order chi connectivity index (χ1) is 17.6. The molecule has 1 aromatic heterocycles. The molecule has 1 amide bonds. The average molecular weight is 605 g/mol. The van der Waals surface area contributed by atoms with Crippen LogP contribution in [0.25, 0.3) is 11.0 Å². The van der Waals surface area contributed by atoms with Gasteiger partial charge in [0.25, 0.3) is 5.56 Å². The zero-order chi connectivity index (χ0) is 26.7. The summed E-state index contributed by atoms with van der Waals surface area (Å²) in [4.78, 5) is 30.9. The number of aryl methyl sites for hydroxylation is 1. The SMILES string of the molecule is CCOc1ccc(-n2c([C@@H](C)[N-]C(=O)Cc3ccc(F)c(C(F)(F)F)c3)nc3c(c2=O)CCCC3)cc1.[Y]. The molecule has 1 aliphatic rings. The van der Waals surface area contributed by atoms with Gasteiger partial charge in [-0.2, -0.15) is 13.2 Å². The van der Waals surface area contributed by atoms with Crippen molar-refractivity contribution in [1.82, 2.24) is 9.55 Å². The summed E-state index contributed by atoms with van der Waals surface area (Å²) in [6.45, 7) is 3.95. The number of benzene rings is 2. The van der Waals surface area contributed by atoms with Crippen LogP contribution in [0, 0.1) is 5.82 Å². The molecule has 0 spiro atoms. The number of alkyl halides is 3. The Kier molecular flexibility index (Phi) is 9.87. The summed E-state index contributed by atoms with van der Waals surface area (Å²) in [6.07, 6.45) is -2.32. The molecule has 2 aromatic carbocycles. The van der Waals surface area contributed by atoms with Crippen LogP contribution in [0.15, 0.2) is 47.3 Å². The summed E-state index contributed by atoms with van der Waals surface area (Å²) in [5.41, 5.74) is 0.159. The number of carbonyl (C=O) groups is 1. The Morgan fingerprint density at radius 1 is 1.13 bits per heavy atom. The van der Waals surface area contributed by atoms with Crippen LogP contribution in [0.1, 0.15) is 60.9 Å². The van der Waals surface area contributed by atoms with Crippen molar-refractivity contribution in [3.63, 3.8) is 0 Å². The third kappa shape index (κ3) is 6.69. The number of aromatic nitrogens is 2. The molecule has 11 heteroatoms. The van der Waals surface area contributed by atoms with E-state index in [-0.39, 0.29) is 49.7 Å². The monoisotopic (exact) mass is 605 g/mol. The van der Waals surface area contributed by atoms with Gasteiger partial charge in [-0.3, -0.25) is 9.36 Å². The van der Waals surface area contributed by atoms with E-state index in [0.717, 1.165) is 18.9 Å². The van der Waals surface area contributed by atoms with E-state index in [9.17, 15) is 27.2 Å². The number of halogens is 4. The maximum atomic E-state index is 13.6. The van der Waals surface area contributed by atoms with E-state index >= 15 is 0 Å². The van der Waals surface area contributed by atoms with Crippen molar-refractivity contribution >= 4 is 5.91 Å². The second-order valence-electron chi connectivity index (χ2n) is 8.86. The van der Waals surface area contributed by atoms with Crippen LogP contribution in [0.2, 0.25) is 0 Å². The van der Waals surface area contributed by atoms with Gasteiger partial charge in [0.1, 0.15) is 17.4 Å². The van der Waals surface area contributed by atoms with Gasteiger partial charge >= 0.3 is 6.18 Å². The van der Waals surface area contributed by atoms with Crippen LogP contribution in [0.3, 0.4) is 0 Å². The summed E-state index contributed by atoms with van der Waals surface area (Å²) in [7, 11) is 0. The topological polar surface area (TPSA) is 75.3 Å². The van der Waals surface area contributed by atoms with Crippen LogP contribution < -0.4 is 10.3 Å². The minimum atomic E-state index is -4.88. The van der Waals surface area contributed by atoms with Gasteiger partial charge in [0.15, 0.2) is 0 Å². The summed E-state index contributed by atoms with van der Waals surface area (Å²) in [5.74, 6) is -1.22. The second-order valence-corrected chi connectivity index (χ2v) is 8.86. The summed E-state index contributed by atoms with van der Waals surface area (Å²) in [6, 6.07) is 8.46. The molecule has 1 heterocycles.